The third-order valence-corrected chi connectivity index (χ3v) is 5.53. The summed E-state index contributed by atoms with van der Waals surface area (Å²) in [4.78, 5) is 6.23. The van der Waals surface area contributed by atoms with Crippen molar-refractivity contribution in [2.45, 2.75) is 52.1 Å². The van der Waals surface area contributed by atoms with Crippen LogP contribution in [-0.2, 0) is 26.4 Å². The fourth-order valence-corrected chi connectivity index (χ4v) is 3.93. The summed E-state index contributed by atoms with van der Waals surface area (Å²) < 4.78 is 1.94. The van der Waals surface area contributed by atoms with Gasteiger partial charge in [0.05, 0.1) is 16.9 Å². The van der Waals surface area contributed by atoms with Crippen LogP contribution in [0.1, 0.15) is 52.6 Å². The molecule has 2 aromatic heterocycles. The Morgan fingerprint density at radius 3 is 3.05 bits per heavy atom. The number of hydrogen-bond donors (Lipinski definition) is 1. The smallest absolute Gasteiger partial charge is 0.0928 e. The number of hydrogen-bond acceptors (Lipinski definition) is 4. The molecule has 1 atom stereocenters. The van der Waals surface area contributed by atoms with Crippen LogP contribution < -0.4 is 5.32 Å². The van der Waals surface area contributed by atoms with Crippen LogP contribution in [0.4, 0.5) is 0 Å². The molecule has 20 heavy (non-hydrogen) atoms. The van der Waals surface area contributed by atoms with Crippen molar-refractivity contribution in [3.8, 4) is 0 Å². The summed E-state index contributed by atoms with van der Waals surface area (Å²) in [6, 6.07) is 0.469. The van der Waals surface area contributed by atoms with Gasteiger partial charge >= 0.3 is 0 Å². The molecular weight excluding hydrogens is 268 g/mol. The normalized spacial score (nSPS) is 18.2. The predicted octanol–water partition coefficient (Wildman–Crippen LogP) is 2.91. The van der Waals surface area contributed by atoms with Crippen molar-refractivity contribution in [1.82, 2.24) is 20.1 Å². The zero-order chi connectivity index (χ0) is 14.1. The zero-order valence-electron chi connectivity index (χ0n) is 12.4. The molecule has 1 aliphatic rings. The Morgan fingerprint density at radius 1 is 1.50 bits per heavy atom. The maximum atomic E-state index is 4.76. The van der Waals surface area contributed by atoms with Crippen LogP contribution in [0.3, 0.4) is 0 Å². The van der Waals surface area contributed by atoms with Crippen molar-refractivity contribution in [2.75, 3.05) is 0 Å². The molecule has 1 aliphatic carbocycles. The first-order valence-electron chi connectivity index (χ1n) is 7.38. The van der Waals surface area contributed by atoms with Gasteiger partial charge in [-0.2, -0.15) is 5.10 Å². The average molecular weight is 290 g/mol. The Kier molecular flexibility index (Phi) is 3.89. The van der Waals surface area contributed by atoms with E-state index in [1.807, 2.05) is 29.3 Å². The van der Waals surface area contributed by atoms with Crippen LogP contribution in [0.15, 0.2) is 6.20 Å². The number of thiazole rings is 1. The van der Waals surface area contributed by atoms with Gasteiger partial charge in [0, 0.05) is 35.8 Å². The van der Waals surface area contributed by atoms with E-state index in [1.54, 1.807) is 0 Å². The van der Waals surface area contributed by atoms with Gasteiger partial charge in [-0.3, -0.25) is 4.68 Å². The summed E-state index contributed by atoms with van der Waals surface area (Å²) in [6.07, 6.45) is 6.62. The van der Waals surface area contributed by atoms with E-state index in [-0.39, 0.29) is 0 Å². The molecule has 0 radical (unpaired) electrons. The summed E-state index contributed by atoms with van der Waals surface area (Å²) in [5, 5.41) is 9.29. The van der Waals surface area contributed by atoms with Crippen molar-refractivity contribution in [1.29, 1.82) is 0 Å². The van der Waals surface area contributed by atoms with Crippen LogP contribution in [0.25, 0.3) is 0 Å². The summed E-state index contributed by atoms with van der Waals surface area (Å²) in [5.41, 5.74) is 3.87. The number of aromatic nitrogens is 3. The lowest BCUT2D eigenvalue weighted by Gasteiger charge is -2.22. The van der Waals surface area contributed by atoms with Gasteiger partial charge in [-0.15, -0.1) is 11.3 Å². The minimum Gasteiger partial charge on any atom is -0.305 e. The van der Waals surface area contributed by atoms with Crippen molar-refractivity contribution in [3.05, 3.63) is 33.0 Å². The molecule has 0 saturated heterocycles. The second-order valence-corrected chi connectivity index (χ2v) is 6.59. The molecule has 1 N–H and O–H groups in total. The highest BCUT2D eigenvalue weighted by Crippen LogP contribution is 2.34. The molecule has 0 unspecified atom stereocenters. The highest BCUT2D eigenvalue weighted by Gasteiger charge is 2.24. The van der Waals surface area contributed by atoms with E-state index in [0.29, 0.717) is 6.04 Å². The first-order valence-corrected chi connectivity index (χ1v) is 8.20. The van der Waals surface area contributed by atoms with Crippen molar-refractivity contribution in [3.63, 3.8) is 0 Å². The second-order valence-electron chi connectivity index (χ2n) is 5.48. The van der Waals surface area contributed by atoms with Crippen molar-refractivity contribution >= 4 is 11.3 Å². The number of nitrogens with one attached hydrogen (secondary N) is 1. The maximum absolute atomic E-state index is 4.76. The van der Waals surface area contributed by atoms with Crippen LogP contribution in [0.5, 0.6) is 0 Å². The van der Waals surface area contributed by atoms with Gasteiger partial charge in [0.15, 0.2) is 0 Å². The van der Waals surface area contributed by atoms with Crippen molar-refractivity contribution < 1.29 is 0 Å². The van der Waals surface area contributed by atoms with Gasteiger partial charge in [0.2, 0.25) is 0 Å². The fraction of sp³-hybridized carbons (Fsp3) is 0.600. The Balaban J connectivity index is 1.73. The molecule has 2 aromatic rings. The second kappa shape index (κ2) is 5.66. The quantitative estimate of drug-likeness (QED) is 0.941. The molecule has 108 valence electrons. The van der Waals surface area contributed by atoms with Crippen LogP contribution in [-0.4, -0.2) is 14.8 Å². The first-order chi connectivity index (χ1) is 9.69. The Hall–Kier alpha value is -1.20. The molecule has 0 aromatic carbocycles. The Bertz CT molecular complexity index is 599. The highest BCUT2D eigenvalue weighted by molar-refractivity contribution is 7.11. The Labute approximate surface area is 124 Å². The summed E-state index contributed by atoms with van der Waals surface area (Å²) >= 11 is 1.89. The maximum Gasteiger partial charge on any atom is 0.0928 e. The van der Waals surface area contributed by atoms with Gasteiger partial charge < -0.3 is 5.32 Å². The first kappa shape index (κ1) is 13.8. The van der Waals surface area contributed by atoms with Gasteiger partial charge in [0.1, 0.15) is 0 Å². The molecule has 3 rings (SSSR count). The minimum absolute atomic E-state index is 0.469. The highest BCUT2D eigenvalue weighted by atomic mass is 32.1. The topological polar surface area (TPSA) is 42.7 Å². The molecule has 2 heterocycles. The molecule has 0 amide bonds. The third-order valence-electron chi connectivity index (χ3n) is 4.17. The summed E-state index contributed by atoms with van der Waals surface area (Å²) in [6.45, 7) is 5.20. The van der Waals surface area contributed by atoms with E-state index in [9.17, 15) is 0 Å². The lowest BCUT2D eigenvalue weighted by Crippen LogP contribution is -2.24. The average Bonchev–Trinajstić information content (AvgIpc) is 3.02. The van der Waals surface area contributed by atoms with Gasteiger partial charge in [0.25, 0.3) is 0 Å². The molecule has 0 aliphatic heterocycles. The lowest BCUT2D eigenvalue weighted by atomic mass is 9.98. The van der Waals surface area contributed by atoms with Crippen molar-refractivity contribution in [2.24, 2.45) is 7.05 Å². The number of rotatable bonds is 4. The summed E-state index contributed by atoms with van der Waals surface area (Å²) in [7, 11) is 1.99. The van der Waals surface area contributed by atoms with Gasteiger partial charge in [-0.1, -0.05) is 6.92 Å². The Morgan fingerprint density at radius 2 is 2.35 bits per heavy atom. The monoisotopic (exact) mass is 290 g/mol. The third kappa shape index (κ3) is 2.52. The van der Waals surface area contributed by atoms with E-state index >= 15 is 0 Å². The van der Waals surface area contributed by atoms with E-state index in [2.05, 4.69) is 24.3 Å². The van der Waals surface area contributed by atoms with Crippen LogP contribution in [0, 0.1) is 6.92 Å². The van der Waals surface area contributed by atoms with Crippen LogP contribution >= 0.6 is 11.3 Å². The molecule has 0 bridgehead atoms. The number of fused-ring (bicyclic) bond motifs is 1. The predicted molar refractivity (Wildman–Crippen MR) is 82.0 cm³/mol. The fourth-order valence-electron chi connectivity index (χ4n) is 2.77. The minimum atomic E-state index is 0.469. The summed E-state index contributed by atoms with van der Waals surface area (Å²) in [5.74, 6) is 0. The van der Waals surface area contributed by atoms with E-state index in [1.165, 1.54) is 39.7 Å². The largest absolute Gasteiger partial charge is 0.305 e. The van der Waals surface area contributed by atoms with E-state index < -0.39 is 0 Å². The standard InChI is InChI=1S/C15H22N4S/c1-4-14-18-13-7-5-6-12(15(13)20-14)16-8-11-9-17-19(3)10(11)2/h9,12,16H,4-8H2,1-3H3/t12-/m0/s1. The van der Waals surface area contributed by atoms with E-state index in [0.717, 1.165) is 19.4 Å². The zero-order valence-corrected chi connectivity index (χ0v) is 13.3. The SMILES string of the molecule is CCc1nc2c(s1)[C@@H](NCc1cnn(C)c1C)CCC2. The molecule has 0 spiro atoms. The van der Waals surface area contributed by atoms with Crippen LogP contribution in [0.2, 0.25) is 0 Å². The lowest BCUT2D eigenvalue weighted by molar-refractivity contribution is 0.462. The molecule has 5 heteroatoms. The number of nitrogens with zero attached hydrogens (tertiary/aromatic N) is 3. The molecule has 0 fully saturated rings. The molecule has 0 saturated carbocycles. The van der Waals surface area contributed by atoms with Gasteiger partial charge in [-0.05, 0) is 32.6 Å². The molecule has 4 nitrogen and oxygen atoms in total. The van der Waals surface area contributed by atoms with E-state index in [4.69, 9.17) is 4.98 Å². The number of aryl methyl sites for hydroxylation is 3. The molecular formula is C15H22N4S. The van der Waals surface area contributed by atoms with Gasteiger partial charge in [-0.25, -0.2) is 4.98 Å².